The molecule has 0 bridgehead atoms. The summed E-state index contributed by atoms with van der Waals surface area (Å²) in [5, 5.41) is 12.4. The number of anilines is 2. The molecule has 0 spiro atoms. The summed E-state index contributed by atoms with van der Waals surface area (Å²) in [5.41, 5.74) is 3.75. The van der Waals surface area contributed by atoms with Gasteiger partial charge in [-0.1, -0.05) is 55.3 Å². The van der Waals surface area contributed by atoms with Crippen LogP contribution in [-0.2, 0) is 6.42 Å². The lowest BCUT2D eigenvalue weighted by Crippen LogP contribution is -2.50. The zero-order valence-corrected chi connectivity index (χ0v) is 19.1. The Labute approximate surface area is 194 Å². The highest BCUT2D eigenvalue weighted by Crippen LogP contribution is 2.26. The minimum Gasteiger partial charge on any atom is -0.352 e. The fourth-order valence-corrected chi connectivity index (χ4v) is 4.02. The number of amides is 2. The molecule has 6 nitrogen and oxygen atoms in total. The van der Waals surface area contributed by atoms with E-state index in [1.807, 2.05) is 53.4 Å². The molecular weight excluding hydrogens is 422 g/mol. The number of aromatic nitrogens is 2. The van der Waals surface area contributed by atoms with Crippen molar-refractivity contribution >= 4 is 29.1 Å². The van der Waals surface area contributed by atoms with Gasteiger partial charge in [0.25, 0.3) is 0 Å². The van der Waals surface area contributed by atoms with Crippen molar-refractivity contribution in [1.82, 2.24) is 15.1 Å². The van der Waals surface area contributed by atoms with Gasteiger partial charge in [-0.05, 0) is 48.7 Å². The van der Waals surface area contributed by atoms with Crippen molar-refractivity contribution in [3.8, 4) is 11.3 Å². The predicted octanol–water partition coefficient (Wildman–Crippen LogP) is 5.49. The smallest absolute Gasteiger partial charge is 0.321 e. The predicted molar refractivity (Wildman–Crippen MR) is 130 cm³/mol. The van der Waals surface area contributed by atoms with Crippen LogP contribution in [-0.4, -0.2) is 47.3 Å². The van der Waals surface area contributed by atoms with Gasteiger partial charge in [-0.3, -0.25) is 0 Å². The van der Waals surface area contributed by atoms with Gasteiger partial charge in [0.15, 0.2) is 5.82 Å². The molecule has 2 heterocycles. The first-order valence-electron chi connectivity index (χ1n) is 11.1. The van der Waals surface area contributed by atoms with Crippen molar-refractivity contribution in [2.24, 2.45) is 0 Å². The summed E-state index contributed by atoms with van der Waals surface area (Å²) >= 11 is 6.26. The summed E-state index contributed by atoms with van der Waals surface area (Å²) in [5.74, 6) is 0.809. The molecule has 32 heavy (non-hydrogen) atoms. The third-order valence-corrected chi connectivity index (χ3v) is 6.04. The first-order chi connectivity index (χ1) is 15.6. The molecule has 1 N–H and O–H groups in total. The maximum absolute atomic E-state index is 12.7. The first kappa shape index (κ1) is 22.1. The number of nitrogens with one attached hydrogen (secondary N) is 1. The van der Waals surface area contributed by atoms with E-state index in [2.05, 4.69) is 39.5 Å². The summed E-state index contributed by atoms with van der Waals surface area (Å²) in [6.07, 6.45) is 3.44. The number of aryl methyl sites for hydroxylation is 1. The van der Waals surface area contributed by atoms with Crippen LogP contribution in [0.5, 0.6) is 0 Å². The number of hydrogen-bond donors (Lipinski definition) is 1. The maximum Gasteiger partial charge on any atom is 0.321 e. The van der Waals surface area contributed by atoms with E-state index in [0.717, 1.165) is 29.2 Å². The van der Waals surface area contributed by atoms with Gasteiger partial charge in [-0.25, -0.2) is 4.79 Å². The lowest BCUT2D eigenvalue weighted by Gasteiger charge is -2.35. The van der Waals surface area contributed by atoms with Gasteiger partial charge in [0.1, 0.15) is 0 Å². The topological polar surface area (TPSA) is 61.4 Å². The number of unbranched alkanes of at least 4 members (excludes halogenated alkanes) is 1. The maximum atomic E-state index is 12.7. The second-order valence-electron chi connectivity index (χ2n) is 7.96. The lowest BCUT2D eigenvalue weighted by atomic mass is 10.1. The zero-order valence-electron chi connectivity index (χ0n) is 18.3. The van der Waals surface area contributed by atoms with Gasteiger partial charge >= 0.3 is 6.03 Å². The standard InChI is InChI=1S/C25H28ClN5O/c1-2-3-6-19-9-11-20(12-10-19)27-25(32)31-17-15-30(16-18-31)24-14-13-23(28-29-24)21-7-4-5-8-22(21)26/h4-5,7-14H,2-3,6,15-18H2,1H3,(H,27,32). The quantitative estimate of drug-likeness (QED) is 0.540. The van der Waals surface area contributed by atoms with E-state index in [4.69, 9.17) is 11.6 Å². The molecule has 2 aromatic carbocycles. The van der Waals surface area contributed by atoms with Gasteiger partial charge in [0.05, 0.1) is 10.7 Å². The SMILES string of the molecule is CCCCc1ccc(NC(=O)N2CCN(c3ccc(-c4ccccc4Cl)nn3)CC2)cc1. The number of carbonyl (C=O) groups is 1. The van der Waals surface area contributed by atoms with Crippen LogP contribution in [0.4, 0.5) is 16.3 Å². The number of piperazine rings is 1. The summed E-state index contributed by atoms with van der Waals surface area (Å²) < 4.78 is 0. The zero-order chi connectivity index (χ0) is 22.3. The average Bonchev–Trinajstić information content (AvgIpc) is 2.84. The fraction of sp³-hybridized carbons (Fsp3) is 0.320. The Balaban J connectivity index is 1.30. The van der Waals surface area contributed by atoms with Crippen molar-refractivity contribution in [3.05, 3.63) is 71.2 Å². The van der Waals surface area contributed by atoms with Crippen molar-refractivity contribution in [2.45, 2.75) is 26.2 Å². The van der Waals surface area contributed by atoms with Crippen LogP contribution in [0.1, 0.15) is 25.3 Å². The van der Waals surface area contributed by atoms with Gasteiger partial charge in [0, 0.05) is 37.4 Å². The second-order valence-corrected chi connectivity index (χ2v) is 8.37. The van der Waals surface area contributed by atoms with Crippen LogP contribution in [0, 0.1) is 0 Å². The molecule has 2 amide bonds. The Morgan fingerprint density at radius 1 is 0.969 bits per heavy atom. The summed E-state index contributed by atoms with van der Waals surface area (Å²) in [7, 11) is 0. The van der Waals surface area contributed by atoms with Crippen molar-refractivity contribution in [2.75, 3.05) is 36.4 Å². The number of hydrogen-bond acceptors (Lipinski definition) is 4. The van der Waals surface area contributed by atoms with Gasteiger partial charge in [-0.15, -0.1) is 10.2 Å². The molecule has 0 radical (unpaired) electrons. The highest BCUT2D eigenvalue weighted by molar-refractivity contribution is 6.33. The van der Waals surface area contributed by atoms with Crippen LogP contribution < -0.4 is 10.2 Å². The minimum atomic E-state index is -0.0638. The molecule has 1 fully saturated rings. The van der Waals surface area contributed by atoms with Crippen molar-refractivity contribution in [1.29, 1.82) is 0 Å². The number of carbonyl (C=O) groups excluding carboxylic acids is 1. The molecule has 4 rings (SSSR count). The van der Waals surface area contributed by atoms with Crippen molar-refractivity contribution in [3.63, 3.8) is 0 Å². The summed E-state index contributed by atoms with van der Waals surface area (Å²) in [6, 6.07) is 19.6. The Morgan fingerprint density at radius 3 is 2.38 bits per heavy atom. The number of nitrogens with zero attached hydrogens (tertiary/aromatic N) is 4. The molecular formula is C25H28ClN5O. The summed E-state index contributed by atoms with van der Waals surface area (Å²) in [4.78, 5) is 16.6. The van der Waals surface area contributed by atoms with E-state index in [9.17, 15) is 4.79 Å². The van der Waals surface area contributed by atoms with E-state index in [-0.39, 0.29) is 6.03 Å². The molecule has 0 saturated carbocycles. The molecule has 3 aromatic rings. The van der Waals surface area contributed by atoms with E-state index in [1.54, 1.807) is 0 Å². The largest absolute Gasteiger partial charge is 0.352 e. The van der Waals surface area contributed by atoms with Crippen molar-refractivity contribution < 1.29 is 4.79 Å². The molecule has 0 aliphatic carbocycles. The molecule has 7 heteroatoms. The van der Waals surface area contributed by atoms with E-state index in [0.29, 0.717) is 31.2 Å². The van der Waals surface area contributed by atoms with E-state index < -0.39 is 0 Å². The Kier molecular flexibility index (Phi) is 7.22. The van der Waals surface area contributed by atoms with Gasteiger partial charge < -0.3 is 15.1 Å². The Hall–Kier alpha value is -3.12. The van der Waals surface area contributed by atoms with Crippen LogP contribution in [0.3, 0.4) is 0 Å². The van der Waals surface area contributed by atoms with E-state index in [1.165, 1.54) is 18.4 Å². The molecule has 1 saturated heterocycles. The molecule has 166 valence electrons. The highest BCUT2D eigenvalue weighted by atomic mass is 35.5. The first-order valence-corrected chi connectivity index (χ1v) is 11.5. The molecule has 0 atom stereocenters. The fourth-order valence-electron chi connectivity index (χ4n) is 3.78. The number of halogens is 1. The van der Waals surface area contributed by atoms with Gasteiger partial charge in [-0.2, -0.15) is 0 Å². The molecule has 1 aliphatic rings. The average molecular weight is 450 g/mol. The number of rotatable bonds is 6. The van der Waals surface area contributed by atoms with Crippen LogP contribution >= 0.6 is 11.6 Å². The molecule has 1 aliphatic heterocycles. The summed E-state index contributed by atoms with van der Waals surface area (Å²) in [6.45, 7) is 4.88. The highest BCUT2D eigenvalue weighted by Gasteiger charge is 2.22. The minimum absolute atomic E-state index is 0.0638. The van der Waals surface area contributed by atoms with Crippen LogP contribution in [0.15, 0.2) is 60.7 Å². The normalized spacial score (nSPS) is 13.8. The second kappa shape index (κ2) is 10.5. The van der Waals surface area contributed by atoms with Crippen LogP contribution in [0.2, 0.25) is 5.02 Å². The monoisotopic (exact) mass is 449 g/mol. The lowest BCUT2D eigenvalue weighted by molar-refractivity contribution is 0.208. The Morgan fingerprint density at radius 2 is 1.72 bits per heavy atom. The third kappa shape index (κ3) is 5.37. The molecule has 1 aromatic heterocycles. The number of urea groups is 1. The number of benzene rings is 2. The van der Waals surface area contributed by atoms with E-state index >= 15 is 0 Å². The van der Waals surface area contributed by atoms with Crippen LogP contribution in [0.25, 0.3) is 11.3 Å². The third-order valence-electron chi connectivity index (χ3n) is 5.72. The van der Waals surface area contributed by atoms with Gasteiger partial charge in [0.2, 0.25) is 0 Å². The molecule has 0 unspecified atom stereocenters. The Bertz CT molecular complexity index is 1030.